The second kappa shape index (κ2) is 9.84. The molecule has 0 aliphatic rings. The van der Waals surface area contributed by atoms with E-state index in [1.54, 1.807) is 6.26 Å². The number of hydrogen-bond donors (Lipinski definition) is 1. The van der Waals surface area contributed by atoms with Crippen molar-refractivity contribution in [2.24, 2.45) is 0 Å². The first kappa shape index (κ1) is 21.5. The SMILES string of the molecule is C=C/C=C(\CC(=C)C)c1cc(-c2ccccc2)c(C(C)(C)C)s1.CS. The van der Waals surface area contributed by atoms with Crippen LogP contribution in [-0.4, -0.2) is 6.26 Å². The van der Waals surface area contributed by atoms with E-state index in [-0.39, 0.29) is 5.41 Å². The minimum atomic E-state index is 0.122. The van der Waals surface area contributed by atoms with Crippen molar-refractivity contribution in [3.63, 3.8) is 0 Å². The van der Waals surface area contributed by atoms with Crippen LogP contribution in [0.2, 0.25) is 0 Å². The van der Waals surface area contributed by atoms with Gasteiger partial charge in [0.2, 0.25) is 0 Å². The molecule has 2 heteroatoms. The molecule has 0 unspecified atom stereocenters. The molecule has 0 atom stereocenters. The van der Waals surface area contributed by atoms with Gasteiger partial charge in [0.15, 0.2) is 0 Å². The van der Waals surface area contributed by atoms with Gasteiger partial charge in [0.1, 0.15) is 0 Å². The maximum Gasteiger partial charge on any atom is 0.0315 e. The predicted molar refractivity (Wildman–Crippen MR) is 121 cm³/mol. The van der Waals surface area contributed by atoms with Crippen LogP contribution in [0.3, 0.4) is 0 Å². The van der Waals surface area contributed by atoms with Crippen LogP contribution in [0, 0.1) is 0 Å². The number of thiol groups is 1. The molecule has 1 heterocycles. The maximum absolute atomic E-state index is 4.07. The number of allylic oxidation sites excluding steroid dienone is 4. The van der Waals surface area contributed by atoms with E-state index in [9.17, 15) is 0 Å². The van der Waals surface area contributed by atoms with E-state index in [2.05, 4.69) is 96.0 Å². The fourth-order valence-corrected chi connectivity index (χ4v) is 3.89. The molecular weight excluding hydrogens is 340 g/mol. The van der Waals surface area contributed by atoms with Crippen LogP contribution in [0.4, 0.5) is 0 Å². The average Bonchev–Trinajstić information content (AvgIpc) is 3.02. The fourth-order valence-electron chi connectivity index (χ4n) is 2.63. The van der Waals surface area contributed by atoms with E-state index >= 15 is 0 Å². The van der Waals surface area contributed by atoms with Gasteiger partial charge >= 0.3 is 0 Å². The van der Waals surface area contributed by atoms with E-state index in [4.69, 9.17) is 0 Å². The van der Waals surface area contributed by atoms with Gasteiger partial charge in [0.05, 0.1) is 0 Å². The number of rotatable bonds is 5. The lowest BCUT2D eigenvalue weighted by Crippen LogP contribution is -2.09. The van der Waals surface area contributed by atoms with Crippen molar-refractivity contribution >= 4 is 29.5 Å². The van der Waals surface area contributed by atoms with Gasteiger partial charge in [-0.25, -0.2) is 0 Å². The van der Waals surface area contributed by atoms with Gasteiger partial charge in [-0.05, 0) is 47.8 Å². The molecule has 1 aromatic heterocycles. The van der Waals surface area contributed by atoms with Crippen LogP contribution in [0.5, 0.6) is 0 Å². The molecule has 0 radical (unpaired) electrons. The lowest BCUT2D eigenvalue weighted by molar-refractivity contribution is 0.605. The van der Waals surface area contributed by atoms with Crippen molar-refractivity contribution in [2.75, 3.05) is 6.26 Å². The maximum atomic E-state index is 4.07. The lowest BCUT2D eigenvalue weighted by Gasteiger charge is -2.19. The molecule has 0 aliphatic carbocycles. The molecule has 2 rings (SSSR count). The summed E-state index contributed by atoms with van der Waals surface area (Å²) in [6.07, 6.45) is 6.57. The highest BCUT2D eigenvalue weighted by atomic mass is 32.1. The molecule has 0 N–H and O–H groups in total. The normalized spacial score (nSPS) is 11.5. The molecule has 0 nitrogen and oxygen atoms in total. The highest BCUT2D eigenvalue weighted by Crippen LogP contribution is 2.42. The van der Waals surface area contributed by atoms with E-state index in [0.29, 0.717) is 0 Å². The Kier molecular flexibility index (Phi) is 8.47. The standard InChI is InChI=1S/C22H26S.CH4S/c1-7-11-18(14-16(2)3)20-15-19(17-12-9-8-10-13-17)21(23-20)22(4,5)6;1-2/h7-13,15H,1-2,14H2,3-6H3;2H,1H3/b18-11+;. The van der Waals surface area contributed by atoms with Crippen molar-refractivity contribution in [1.29, 1.82) is 0 Å². The molecule has 0 saturated carbocycles. The summed E-state index contributed by atoms with van der Waals surface area (Å²) < 4.78 is 0. The van der Waals surface area contributed by atoms with Crippen LogP contribution in [-0.2, 0) is 5.41 Å². The summed E-state index contributed by atoms with van der Waals surface area (Å²) in [5, 5.41) is 0. The van der Waals surface area contributed by atoms with E-state index < -0.39 is 0 Å². The predicted octanol–water partition coefficient (Wildman–Crippen LogP) is 7.79. The molecule has 1 aromatic carbocycles. The number of hydrogen-bond acceptors (Lipinski definition) is 2. The Bertz CT molecular complexity index is 725. The van der Waals surface area contributed by atoms with Gasteiger partial charge in [-0.3, -0.25) is 0 Å². The summed E-state index contributed by atoms with van der Waals surface area (Å²) in [6, 6.07) is 13.0. The van der Waals surface area contributed by atoms with Crippen LogP contribution in [0.15, 0.2) is 67.3 Å². The molecular formula is C23H30S2. The zero-order valence-electron chi connectivity index (χ0n) is 16.1. The van der Waals surface area contributed by atoms with Gasteiger partial charge in [0.25, 0.3) is 0 Å². The molecule has 25 heavy (non-hydrogen) atoms. The van der Waals surface area contributed by atoms with E-state index in [0.717, 1.165) is 6.42 Å². The Labute approximate surface area is 163 Å². The summed E-state index contributed by atoms with van der Waals surface area (Å²) in [6.45, 7) is 16.9. The Morgan fingerprint density at radius 2 is 1.76 bits per heavy atom. The summed E-state index contributed by atoms with van der Waals surface area (Å²) in [5.41, 5.74) is 5.22. The summed E-state index contributed by atoms with van der Waals surface area (Å²) >= 11 is 5.42. The van der Waals surface area contributed by atoms with Crippen LogP contribution < -0.4 is 0 Å². The minimum absolute atomic E-state index is 0.122. The van der Waals surface area contributed by atoms with Crippen molar-refractivity contribution in [3.05, 3.63) is 77.0 Å². The lowest BCUT2D eigenvalue weighted by atomic mass is 9.89. The quantitative estimate of drug-likeness (QED) is 0.310. The molecule has 134 valence electrons. The van der Waals surface area contributed by atoms with Crippen molar-refractivity contribution in [3.8, 4) is 11.1 Å². The topological polar surface area (TPSA) is 0 Å². The summed E-state index contributed by atoms with van der Waals surface area (Å²) in [4.78, 5) is 2.74. The first-order valence-corrected chi connectivity index (χ1v) is 10.1. The van der Waals surface area contributed by atoms with Gasteiger partial charge in [-0.2, -0.15) is 12.6 Å². The summed E-state index contributed by atoms with van der Waals surface area (Å²) in [5.74, 6) is 0. The molecule has 0 fully saturated rings. The highest BCUT2D eigenvalue weighted by molar-refractivity contribution is 7.79. The summed E-state index contributed by atoms with van der Waals surface area (Å²) in [7, 11) is 0. The smallest absolute Gasteiger partial charge is 0.0315 e. The Hall–Kier alpha value is -1.51. The van der Waals surface area contributed by atoms with Crippen molar-refractivity contribution in [1.82, 2.24) is 0 Å². The van der Waals surface area contributed by atoms with Gasteiger partial charge in [-0.1, -0.05) is 82.0 Å². The molecule has 0 bridgehead atoms. The van der Waals surface area contributed by atoms with E-state index in [1.807, 2.05) is 17.4 Å². The average molecular weight is 371 g/mol. The number of thiophene rings is 1. The molecule has 0 aliphatic heterocycles. The van der Waals surface area contributed by atoms with Crippen LogP contribution in [0.25, 0.3) is 16.7 Å². The fraction of sp³-hybridized carbons (Fsp3) is 0.304. The van der Waals surface area contributed by atoms with Gasteiger partial charge < -0.3 is 0 Å². The Balaban J connectivity index is 0.00000151. The first-order valence-electron chi connectivity index (χ1n) is 8.43. The second-order valence-electron chi connectivity index (χ2n) is 7.03. The van der Waals surface area contributed by atoms with E-state index in [1.165, 1.54) is 32.0 Å². The largest absolute Gasteiger partial charge is 0.183 e. The molecule has 0 spiro atoms. The van der Waals surface area contributed by atoms with Gasteiger partial charge in [-0.15, -0.1) is 11.3 Å². The van der Waals surface area contributed by atoms with Crippen molar-refractivity contribution in [2.45, 2.75) is 39.5 Å². The minimum Gasteiger partial charge on any atom is -0.183 e. The molecule has 0 amide bonds. The first-order chi connectivity index (χ1) is 11.8. The zero-order chi connectivity index (χ0) is 19.0. The third-order valence-electron chi connectivity index (χ3n) is 3.63. The highest BCUT2D eigenvalue weighted by Gasteiger charge is 2.23. The van der Waals surface area contributed by atoms with Gasteiger partial charge in [0, 0.05) is 9.75 Å². The third-order valence-corrected chi connectivity index (χ3v) is 5.26. The van der Waals surface area contributed by atoms with Crippen LogP contribution in [0.1, 0.15) is 43.9 Å². The third kappa shape index (κ3) is 6.05. The Morgan fingerprint density at radius 3 is 2.24 bits per heavy atom. The monoisotopic (exact) mass is 370 g/mol. The van der Waals surface area contributed by atoms with Crippen LogP contribution >= 0.6 is 24.0 Å². The Morgan fingerprint density at radius 1 is 1.16 bits per heavy atom. The number of benzene rings is 1. The molecule has 2 aromatic rings. The molecule has 0 saturated heterocycles. The van der Waals surface area contributed by atoms with Crippen molar-refractivity contribution < 1.29 is 0 Å². The second-order valence-corrected chi connectivity index (χ2v) is 8.08. The zero-order valence-corrected chi connectivity index (χ0v) is 17.8.